The number of halogens is 1. The van der Waals surface area contributed by atoms with E-state index in [2.05, 4.69) is 5.32 Å². The molecule has 0 spiro atoms. The summed E-state index contributed by atoms with van der Waals surface area (Å²) in [6.07, 6.45) is 0.0474. The van der Waals surface area contributed by atoms with Crippen molar-refractivity contribution in [2.24, 2.45) is 11.8 Å². The van der Waals surface area contributed by atoms with E-state index in [9.17, 15) is 18.8 Å². The fourth-order valence-corrected chi connectivity index (χ4v) is 2.69. The zero-order valence-corrected chi connectivity index (χ0v) is 13.0. The van der Waals surface area contributed by atoms with Crippen LogP contribution in [-0.2, 0) is 14.4 Å². The number of nitrogens with zero attached hydrogens (tertiary/aromatic N) is 1. The first-order chi connectivity index (χ1) is 10.8. The number of aliphatic carboxylic acids is 1. The Labute approximate surface area is 133 Å². The number of carbonyl (C=O) groups is 3. The van der Waals surface area contributed by atoms with Crippen molar-refractivity contribution in [2.45, 2.75) is 19.4 Å². The van der Waals surface area contributed by atoms with Gasteiger partial charge >= 0.3 is 5.97 Å². The van der Waals surface area contributed by atoms with Gasteiger partial charge in [-0.15, -0.1) is 0 Å². The monoisotopic (exact) mass is 322 g/mol. The highest BCUT2D eigenvalue weighted by Crippen LogP contribution is 2.37. The quantitative estimate of drug-likeness (QED) is 0.852. The molecule has 124 valence electrons. The molecule has 1 fully saturated rings. The maximum atomic E-state index is 13.1. The maximum Gasteiger partial charge on any atom is 0.308 e. The lowest BCUT2D eigenvalue weighted by Gasteiger charge is -2.25. The van der Waals surface area contributed by atoms with Gasteiger partial charge in [0.2, 0.25) is 11.8 Å². The minimum absolute atomic E-state index is 0.00128. The maximum absolute atomic E-state index is 13.1. The highest BCUT2D eigenvalue weighted by molar-refractivity contribution is 5.90. The number of hydrogen-bond acceptors (Lipinski definition) is 3. The van der Waals surface area contributed by atoms with Gasteiger partial charge in [-0.2, -0.15) is 0 Å². The number of carboxylic acid groups (broad SMARTS) is 1. The van der Waals surface area contributed by atoms with Crippen LogP contribution in [0.2, 0.25) is 0 Å². The van der Waals surface area contributed by atoms with Gasteiger partial charge in [0.1, 0.15) is 5.82 Å². The Hall–Kier alpha value is -2.44. The summed E-state index contributed by atoms with van der Waals surface area (Å²) in [5, 5.41) is 11.4. The normalized spacial score (nSPS) is 22.0. The Kier molecular flexibility index (Phi) is 4.98. The van der Waals surface area contributed by atoms with Crippen LogP contribution >= 0.6 is 0 Å². The Bertz CT molecular complexity index is 617. The molecule has 1 heterocycles. The third kappa shape index (κ3) is 3.67. The second-order valence-electron chi connectivity index (χ2n) is 5.80. The molecule has 0 saturated carbocycles. The Balaban J connectivity index is 2.15. The van der Waals surface area contributed by atoms with E-state index in [1.807, 2.05) is 0 Å². The first kappa shape index (κ1) is 16.9. The lowest BCUT2D eigenvalue weighted by molar-refractivity contribution is -0.141. The summed E-state index contributed by atoms with van der Waals surface area (Å²) in [5.74, 6) is -3.27. The Morgan fingerprint density at radius 3 is 2.57 bits per heavy atom. The van der Waals surface area contributed by atoms with Gasteiger partial charge in [-0.05, 0) is 17.7 Å². The fourth-order valence-electron chi connectivity index (χ4n) is 2.69. The molecular formula is C16H19FN2O4. The van der Waals surface area contributed by atoms with Crippen LogP contribution in [0.1, 0.15) is 24.9 Å². The minimum Gasteiger partial charge on any atom is -0.481 e. The molecular weight excluding hydrogens is 303 g/mol. The van der Waals surface area contributed by atoms with Crippen LogP contribution in [0.15, 0.2) is 24.3 Å². The molecule has 0 aromatic heterocycles. The summed E-state index contributed by atoms with van der Waals surface area (Å²) < 4.78 is 13.1. The van der Waals surface area contributed by atoms with Crippen LogP contribution in [0.4, 0.5) is 4.39 Å². The van der Waals surface area contributed by atoms with E-state index in [0.717, 1.165) is 0 Å². The van der Waals surface area contributed by atoms with Crippen molar-refractivity contribution in [1.82, 2.24) is 10.2 Å². The topological polar surface area (TPSA) is 86.7 Å². The number of rotatable bonds is 5. The fraction of sp³-hybridized carbons (Fsp3) is 0.438. The number of carboxylic acids is 1. The summed E-state index contributed by atoms with van der Waals surface area (Å²) in [5.41, 5.74) is 0.672. The van der Waals surface area contributed by atoms with Crippen LogP contribution in [0, 0.1) is 17.7 Å². The molecule has 2 amide bonds. The van der Waals surface area contributed by atoms with Crippen molar-refractivity contribution in [1.29, 1.82) is 0 Å². The zero-order valence-electron chi connectivity index (χ0n) is 13.0. The van der Waals surface area contributed by atoms with Gasteiger partial charge in [0.15, 0.2) is 0 Å². The average Bonchev–Trinajstić information content (AvgIpc) is 2.81. The third-order valence-corrected chi connectivity index (χ3v) is 4.14. The van der Waals surface area contributed by atoms with Gasteiger partial charge in [0.25, 0.3) is 0 Å². The number of likely N-dealkylation sites (tertiary alicyclic amines) is 1. The predicted molar refractivity (Wildman–Crippen MR) is 79.8 cm³/mol. The standard InChI is InChI=1S/C16H19FN2O4/c1-9(16(22)23)8-18-15(21)12-7-13(20)19(2)14(12)10-3-5-11(17)6-4-10/h3-6,9,12,14H,7-8H2,1-2H3,(H,18,21)(H,22,23). The molecule has 3 unspecified atom stereocenters. The van der Waals surface area contributed by atoms with Gasteiger partial charge in [-0.3, -0.25) is 14.4 Å². The highest BCUT2D eigenvalue weighted by atomic mass is 19.1. The van der Waals surface area contributed by atoms with E-state index in [1.54, 1.807) is 19.2 Å². The van der Waals surface area contributed by atoms with E-state index in [1.165, 1.54) is 24.0 Å². The minimum atomic E-state index is -1.000. The van der Waals surface area contributed by atoms with Gasteiger partial charge in [0, 0.05) is 20.0 Å². The van der Waals surface area contributed by atoms with Gasteiger partial charge in [-0.1, -0.05) is 19.1 Å². The molecule has 2 N–H and O–H groups in total. The van der Waals surface area contributed by atoms with E-state index in [0.29, 0.717) is 5.56 Å². The first-order valence-corrected chi connectivity index (χ1v) is 7.33. The van der Waals surface area contributed by atoms with E-state index in [-0.39, 0.29) is 24.8 Å². The molecule has 23 heavy (non-hydrogen) atoms. The summed E-state index contributed by atoms with van der Waals surface area (Å²) in [7, 11) is 1.60. The molecule has 0 radical (unpaired) electrons. The predicted octanol–water partition coefficient (Wildman–Crippen LogP) is 1.18. The van der Waals surface area contributed by atoms with Crippen molar-refractivity contribution in [3.8, 4) is 0 Å². The summed E-state index contributed by atoms with van der Waals surface area (Å²) in [6.45, 7) is 1.49. The van der Waals surface area contributed by atoms with Gasteiger partial charge in [-0.25, -0.2) is 4.39 Å². The molecule has 1 aliphatic heterocycles. The lowest BCUT2D eigenvalue weighted by Crippen LogP contribution is -2.38. The smallest absolute Gasteiger partial charge is 0.308 e. The van der Waals surface area contributed by atoms with Crippen molar-refractivity contribution in [3.05, 3.63) is 35.6 Å². The second kappa shape index (κ2) is 6.76. The molecule has 1 saturated heterocycles. The number of carbonyl (C=O) groups excluding carboxylic acids is 2. The Morgan fingerprint density at radius 2 is 2.00 bits per heavy atom. The van der Waals surface area contributed by atoms with Gasteiger partial charge in [0.05, 0.1) is 17.9 Å². The van der Waals surface area contributed by atoms with Crippen LogP contribution in [0.5, 0.6) is 0 Å². The van der Waals surface area contributed by atoms with Crippen LogP contribution in [0.25, 0.3) is 0 Å². The molecule has 2 rings (SSSR count). The summed E-state index contributed by atoms with van der Waals surface area (Å²) in [6, 6.07) is 5.19. The largest absolute Gasteiger partial charge is 0.481 e. The summed E-state index contributed by atoms with van der Waals surface area (Å²) >= 11 is 0. The molecule has 0 aliphatic carbocycles. The molecule has 7 heteroatoms. The lowest BCUT2D eigenvalue weighted by atomic mass is 9.92. The SMILES string of the molecule is CC(CNC(=O)C1CC(=O)N(C)C1c1ccc(F)cc1)C(=O)O. The van der Waals surface area contributed by atoms with E-state index in [4.69, 9.17) is 5.11 Å². The molecule has 1 aliphatic rings. The number of nitrogens with one attached hydrogen (secondary N) is 1. The van der Waals surface area contributed by atoms with Crippen molar-refractivity contribution >= 4 is 17.8 Å². The number of amides is 2. The van der Waals surface area contributed by atoms with Crippen LogP contribution in [-0.4, -0.2) is 41.4 Å². The first-order valence-electron chi connectivity index (χ1n) is 7.33. The van der Waals surface area contributed by atoms with Crippen LogP contribution < -0.4 is 5.32 Å². The Morgan fingerprint density at radius 1 is 1.39 bits per heavy atom. The van der Waals surface area contributed by atoms with Crippen LogP contribution in [0.3, 0.4) is 0 Å². The number of hydrogen-bond donors (Lipinski definition) is 2. The summed E-state index contributed by atoms with van der Waals surface area (Å²) in [4.78, 5) is 36.6. The third-order valence-electron chi connectivity index (χ3n) is 4.14. The van der Waals surface area contributed by atoms with E-state index < -0.39 is 29.7 Å². The highest BCUT2D eigenvalue weighted by Gasteiger charge is 2.42. The average molecular weight is 322 g/mol. The zero-order chi connectivity index (χ0) is 17.1. The van der Waals surface area contributed by atoms with Gasteiger partial charge < -0.3 is 15.3 Å². The molecule has 1 aromatic rings. The molecule has 0 bridgehead atoms. The second-order valence-corrected chi connectivity index (χ2v) is 5.80. The number of benzene rings is 1. The van der Waals surface area contributed by atoms with Crippen molar-refractivity contribution in [3.63, 3.8) is 0 Å². The van der Waals surface area contributed by atoms with E-state index >= 15 is 0 Å². The molecule has 1 aromatic carbocycles. The molecule has 3 atom stereocenters. The van der Waals surface area contributed by atoms with Crippen molar-refractivity contribution < 1.29 is 23.9 Å². The van der Waals surface area contributed by atoms with Crippen molar-refractivity contribution in [2.75, 3.05) is 13.6 Å². The molecule has 6 nitrogen and oxygen atoms in total.